The molecule has 0 aromatic rings. The third-order valence-electron chi connectivity index (χ3n) is 3.10. The molecule has 0 nitrogen and oxygen atoms in total. The van der Waals surface area contributed by atoms with Crippen molar-refractivity contribution in [2.45, 2.75) is 40.0 Å². The van der Waals surface area contributed by atoms with Gasteiger partial charge in [0, 0.05) is 0 Å². The van der Waals surface area contributed by atoms with E-state index in [9.17, 15) is 0 Å². The van der Waals surface area contributed by atoms with Crippen molar-refractivity contribution in [1.29, 1.82) is 0 Å². The van der Waals surface area contributed by atoms with Crippen molar-refractivity contribution < 1.29 is 0 Å². The first-order chi connectivity index (χ1) is 5.24. The quantitative estimate of drug-likeness (QED) is 0.503. The lowest BCUT2D eigenvalue weighted by Gasteiger charge is -2.30. The Balaban J connectivity index is 2.39. The zero-order chi connectivity index (χ0) is 8.27. The summed E-state index contributed by atoms with van der Waals surface area (Å²) in [5.41, 5.74) is 0. The molecule has 0 unspecified atom stereocenters. The second-order valence-electron chi connectivity index (χ2n) is 4.05. The summed E-state index contributed by atoms with van der Waals surface area (Å²) in [5.74, 6) is 2.77. The molecule has 0 aromatic heterocycles. The summed E-state index contributed by atoms with van der Waals surface area (Å²) in [6, 6.07) is 0. The molecule has 0 radical (unpaired) electrons. The smallest absolute Gasteiger partial charge is 0.0231 e. The Bertz CT molecular complexity index is 135. The minimum Gasteiger partial charge on any atom is -0.0914 e. The number of allylic oxidation sites excluding steroid dienone is 2. The van der Waals surface area contributed by atoms with E-state index < -0.39 is 0 Å². The van der Waals surface area contributed by atoms with Crippen LogP contribution in [-0.2, 0) is 0 Å². The second-order valence-corrected chi connectivity index (χ2v) is 4.05. The van der Waals surface area contributed by atoms with E-state index >= 15 is 0 Å². The zero-order valence-corrected chi connectivity index (χ0v) is 8.01. The highest BCUT2D eigenvalue weighted by atomic mass is 14.3. The Hall–Kier alpha value is -0.260. The average Bonchev–Trinajstić information content (AvgIpc) is 1.98. The lowest BCUT2D eigenvalue weighted by molar-refractivity contribution is 0.236. The highest BCUT2D eigenvalue weighted by molar-refractivity contribution is 4.89. The van der Waals surface area contributed by atoms with Gasteiger partial charge in [-0.15, -0.1) is 0 Å². The molecule has 1 rings (SSSR count). The van der Waals surface area contributed by atoms with Gasteiger partial charge in [-0.25, -0.2) is 0 Å². The maximum Gasteiger partial charge on any atom is -0.0231 e. The van der Waals surface area contributed by atoms with Crippen molar-refractivity contribution in [2.75, 3.05) is 0 Å². The van der Waals surface area contributed by atoms with Gasteiger partial charge in [0.25, 0.3) is 0 Å². The largest absolute Gasteiger partial charge is 0.0914 e. The van der Waals surface area contributed by atoms with Gasteiger partial charge in [-0.1, -0.05) is 26.0 Å². The average molecular weight is 152 g/mol. The van der Waals surface area contributed by atoms with Crippen LogP contribution in [0.4, 0.5) is 0 Å². The molecule has 64 valence electrons. The van der Waals surface area contributed by atoms with Gasteiger partial charge < -0.3 is 0 Å². The van der Waals surface area contributed by atoms with Crippen molar-refractivity contribution in [3.05, 3.63) is 12.2 Å². The van der Waals surface area contributed by atoms with Gasteiger partial charge in [0.1, 0.15) is 0 Å². The van der Waals surface area contributed by atoms with Crippen molar-refractivity contribution in [1.82, 2.24) is 0 Å². The molecule has 0 heterocycles. The molecule has 0 spiro atoms. The molecule has 11 heavy (non-hydrogen) atoms. The fraction of sp³-hybridized carbons (Fsp3) is 0.818. The molecule has 1 fully saturated rings. The van der Waals surface area contributed by atoms with E-state index in [4.69, 9.17) is 0 Å². The van der Waals surface area contributed by atoms with E-state index in [1.807, 2.05) is 0 Å². The molecule has 1 aliphatic rings. The standard InChI is InChI=1S/C11H20/c1-4-5-11-7-6-9(2)10(3)8-11/h4-5,9-11H,6-8H2,1-3H3/b5-4-/t9-,10-,11+/m0/s1. The fourth-order valence-electron chi connectivity index (χ4n) is 2.04. The normalized spacial score (nSPS) is 39.7. The number of hydrogen-bond donors (Lipinski definition) is 0. The molecule has 1 aliphatic carbocycles. The Labute approximate surface area is 70.7 Å². The maximum atomic E-state index is 2.39. The molecule has 3 atom stereocenters. The highest BCUT2D eigenvalue weighted by Gasteiger charge is 2.22. The van der Waals surface area contributed by atoms with Crippen LogP contribution in [0, 0.1) is 17.8 Å². The van der Waals surface area contributed by atoms with E-state index in [1.165, 1.54) is 19.3 Å². The van der Waals surface area contributed by atoms with Gasteiger partial charge in [0.05, 0.1) is 0 Å². The molecule has 0 amide bonds. The van der Waals surface area contributed by atoms with E-state index in [-0.39, 0.29) is 0 Å². The van der Waals surface area contributed by atoms with Crippen LogP contribution in [0.2, 0.25) is 0 Å². The molecule has 0 aromatic carbocycles. The van der Waals surface area contributed by atoms with Gasteiger partial charge in [-0.05, 0) is 43.9 Å². The first-order valence-corrected chi connectivity index (χ1v) is 4.87. The Morgan fingerprint density at radius 3 is 2.36 bits per heavy atom. The fourth-order valence-corrected chi connectivity index (χ4v) is 2.04. The number of rotatable bonds is 1. The second kappa shape index (κ2) is 3.94. The van der Waals surface area contributed by atoms with E-state index in [1.54, 1.807) is 0 Å². The lowest BCUT2D eigenvalue weighted by atomic mass is 9.76. The highest BCUT2D eigenvalue weighted by Crippen LogP contribution is 2.33. The molecule has 0 aliphatic heterocycles. The van der Waals surface area contributed by atoms with Crippen molar-refractivity contribution in [3.63, 3.8) is 0 Å². The first kappa shape index (κ1) is 8.83. The molecule has 0 heteroatoms. The third kappa shape index (κ3) is 2.36. The molecule has 0 N–H and O–H groups in total. The summed E-state index contributed by atoms with van der Waals surface area (Å²) < 4.78 is 0. The summed E-state index contributed by atoms with van der Waals surface area (Å²) in [4.78, 5) is 0. The Morgan fingerprint density at radius 2 is 1.82 bits per heavy atom. The predicted octanol–water partition coefficient (Wildman–Crippen LogP) is 3.63. The van der Waals surface area contributed by atoms with Crippen LogP contribution in [0.3, 0.4) is 0 Å². The predicted molar refractivity (Wildman–Crippen MR) is 50.5 cm³/mol. The molecule has 1 saturated carbocycles. The van der Waals surface area contributed by atoms with Crippen molar-refractivity contribution >= 4 is 0 Å². The van der Waals surface area contributed by atoms with E-state index in [0.29, 0.717) is 0 Å². The van der Waals surface area contributed by atoms with Crippen molar-refractivity contribution in [2.24, 2.45) is 17.8 Å². The summed E-state index contributed by atoms with van der Waals surface area (Å²) in [6.07, 6.45) is 8.83. The van der Waals surface area contributed by atoms with Gasteiger partial charge in [0.15, 0.2) is 0 Å². The van der Waals surface area contributed by atoms with Crippen molar-refractivity contribution in [3.8, 4) is 0 Å². The van der Waals surface area contributed by atoms with Gasteiger partial charge in [-0.3, -0.25) is 0 Å². The minimum atomic E-state index is 0.881. The minimum absolute atomic E-state index is 0.881. The monoisotopic (exact) mass is 152 g/mol. The molecular formula is C11H20. The van der Waals surface area contributed by atoms with Crippen LogP contribution >= 0.6 is 0 Å². The SMILES string of the molecule is C/C=C\[C@@H]1CC[C@H](C)[C@@H](C)C1. The Morgan fingerprint density at radius 1 is 1.09 bits per heavy atom. The maximum absolute atomic E-state index is 2.39. The summed E-state index contributed by atoms with van der Waals surface area (Å²) >= 11 is 0. The van der Waals surface area contributed by atoms with E-state index in [0.717, 1.165) is 17.8 Å². The zero-order valence-electron chi connectivity index (χ0n) is 8.01. The van der Waals surface area contributed by atoms with Gasteiger partial charge in [0.2, 0.25) is 0 Å². The molecule has 0 saturated heterocycles. The van der Waals surface area contributed by atoms with Crippen LogP contribution in [0.5, 0.6) is 0 Å². The van der Waals surface area contributed by atoms with Crippen LogP contribution < -0.4 is 0 Å². The third-order valence-corrected chi connectivity index (χ3v) is 3.10. The Kier molecular flexibility index (Phi) is 3.16. The lowest BCUT2D eigenvalue weighted by Crippen LogP contribution is -2.19. The first-order valence-electron chi connectivity index (χ1n) is 4.87. The van der Waals surface area contributed by atoms with Crippen LogP contribution in [0.25, 0.3) is 0 Å². The van der Waals surface area contributed by atoms with Crippen LogP contribution in [-0.4, -0.2) is 0 Å². The summed E-state index contributed by atoms with van der Waals surface area (Å²) in [5, 5.41) is 0. The molecular weight excluding hydrogens is 132 g/mol. The van der Waals surface area contributed by atoms with Gasteiger partial charge in [-0.2, -0.15) is 0 Å². The number of hydrogen-bond acceptors (Lipinski definition) is 0. The summed E-state index contributed by atoms with van der Waals surface area (Å²) in [6.45, 7) is 6.90. The molecule has 0 bridgehead atoms. The van der Waals surface area contributed by atoms with E-state index in [2.05, 4.69) is 32.9 Å². The summed E-state index contributed by atoms with van der Waals surface area (Å²) in [7, 11) is 0. The topological polar surface area (TPSA) is 0 Å². The van der Waals surface area contributed by atoms with Crippen LogP contribution in [0.1, 0.15) is 40.0 Å². The van der Waals surface area contributed by atoms with Gasteiger partial charge >= 0.3 is 0 Å². The van der Waals surface area contributed by atoms with Crippen LogP contribution in [0.15, 0.2) is 12.2 Å².